The highest BCUT2D eigenvalue weighted by molar-refractivity contribution is 5.95. The van der Waals surface area contributed by atoms with Gasteiger partial charge in [0, 0.05) is 34.6 Å². The van der Waals surface area contributed by atoms with Crippen molar-refractivity contribution in [2.24, 2.45) is 11.5 Å². The first-order valence-corrected chi connectivity index (χ1v) is 7.26. The minimum atomic E-state index is -0.00226. The summed E-state index contributed by atoms with van der Waals surface area (Å²) in [6, 6.07) is 15.1. The van der Waals surface area contributed by atoms with E-state index in [1.54, 1.807) is 24.5 Å². The van der Waals surface area contributed by atoms with E-state index in [2.05, 4.69) is 9.97 Å². The van der Waals surface area contributed by atoms with Crippen LogP contribution < -0.4 is 11.5 Å². The maximum Gasteiger partial charge on any atom is 0.124 e. The van der Waals surface area contributed by atoms with Gasteiger partial charge in [0.1, 0.15) is 11.7 Å². The molecule has 0 spiro atoms. The van der Waals surface area contributed by atoms with Gasteiger partial charge in [0.2, 0.25) is 0 Å². The topological polar surface area (TPSA) is 126 Å². The Balaban J connectivity index is 0.00000225. The third kappa shape index (κ3) is 3.99. The fourth-order valence-electron chi connectivity index (χ4n) is 2.29. The first kappa shape index (κ1) is 18.1. The lowest BCUT2D eigenvalue weighted by molar-refractivity contribution is 1.28. The van der Waals surface area contributed by atoms with Gasteiger partial charge in [-0.15, -0.1) is 12.4 Å². The van der Waals surface area contributed by atoms with Crippen molar-refractivity contribution in [2.45, 2.75) is 0 Å². The molecule has 0 amide bonds. The van der Waals surface area contributed by atoms with Crippen molar-refractivity contribution < 1.29 is 0 Å². The van der Waals surface area contributed by atoms with Crippen molar-refractivity contribution in [3.63, 3.8) is 0 Å². The Kier molecular flexibility index (Phi) is 5.46. The normalized spacial score (nSPS) is 9.92. The van der Waals surface area contributed by atoms with Crippen LogP contribution in [0.2, 0.25) is 0 Å². The predicted octanol–water partition coefficient (Wildman–Crippen LogP) is 2.80. The summed E-state index contributed by atoms with van der Waals surface area (Å²) >= 11 is 0. The number of benzene rings is 1. The van der Waals surface area contributed by atoms with Crippen LogP contribution in [0.5, 0.6) is 0 Å². The standard InChI is InChI=1S/C18H16N6.ClH/c19-17(20)13-4-6-15(23-9-13)11-2-1-3-12(8-11)16-7-5-14(10-24-16)18(21)22;/h1-10H,(H3,19,20)(H3,21,22);1H. The smallest absolute Gasteiger partial charge is 0.124 e. The summed E-state index contributed by atoms with van der Waals surface area (Å²) in [5.41, 5.74) is 15.6. The summed E-state index contributed by atoms with van der Waals surface area (Å²) in [7, 11) is 0. The molecule has 2 heterocycles. The zero-order valence-electron chi connectivity index (χ0n) is 13.2. The molecule has 0 aliphatic rings. The fourth-order valence-corrected chi connectivity index (χ4v) is 2.29. The Labute approximate surface area is 151 Å². The van der Waals surface area contributed by atoms with Gasteiger partial charge in [0.05, 0.1) is 11.4 Å². The Hall–Kier alpha value is -3.25. The number of hydrogen-bond acceptors (Lipinski definition) is 4. The number of hydrogen-bond donors (Lipinski definition) is 4. The Morgan fingerprint density at radius 3 is 1.48 bits per heavy atom. The van der Waals surface area contributed by atoms with Crippen molar-refractivity contribution in [3.05, 3.63) is 72.1 Å². The van der Waals surface area contributed by atoms with Gasteiger partial charge in [-0.05, 0) is 30.3 Å². The van der Waals surface area contributed by atoms with Gasteiger partial charge in [-0.1, -0.05) is 18.2 Å². The number of nitrogens with two attached hydrogens (primary N) is 2. The van der Waals surface area contributed by atoms with Gasteiger partial charge >= 0.3 is 0 Å². The first-order chi connectivity index (χ1) is 11.5. The molecule has 126 valence electrons. The Morgan fingerprint density at radius 1 is 0.720 bits per heavy atom. The zero-order valence-corrected chi connectivity index (χ0v) is 14.0. The molecule has 0 atom stereocenters. The first-order valence-electron chi connectivity index (χ1n) is 7.26. The van der Waals surface area contributed by atoms with E-state index in [1.165, 1.54) is 0 Å². The Bertz CT molecular complexity index is 831. The Morgan fingerprint density at radius 2 is 1.16 bits per heavy atom. The quantitative estimate of drug-likeness (QED) is 0.425. The van der Waals surface area contributed by atoms with E-state index in [0.717, 1.165) is 22.5 Å². The summed E-state index contributed by atoms with van der Waals surface area (Å²) < 4.78 is 0. The second-order valence-electron chi connectivity index (χ2n) is 5.27. The van der Waals surface area contributed by atoms with Gasteiger partial charge in [-0.3, -0.25) is 20.8 Å². The number of amidine groups is 2. The average Bonchev–Trinajstić information content (AvgIpc) is 2.62. The molecule has 6 N–H and O–H groups in total. The number of rotatable bonds is 4. The minimum Gasteiger partial charge on any atom is -0.384 e. The molecule has 3 rings (SSSR count). The molecule has 0 saturated heterocycles. The third-order valence-corrected chi connectivity index (χ3v) is 3.60. The van der Waals surface area contributed by atoms with Gasteiger partial charge in [0.25, 0.3) is 0 Å². The second-order valence-corrected chi connectivity index (χ2v) is 5.27. The maximum absolute atomic E-state index is 7.41. The lowest BCUT2D eigenvalue weighted by Gasteiger charge is -2.06. The van der Waals surface area contributed by atoms with Gasteiger partial charge < -0.3 is 11.5 Å². The summed E-state index contributed by atoms with van der Waals surface area (Å²) in [6.45, 7) is 0. The zero-order chi connectivity index (χ0) is 17.1. The lowest BCUT2D eigenvalue weighted by Crippen LogP contribution is -2.11. The van der Waals surface area contributed by atoms with Gasteiger partial charge in [-0.25, -0.2) is 0 Å². The van der Waals surface area contributed by atoms with Crippen LogP contribution in [0.15, 0.2) is 60.9 Å². The SMILES string of the molecule is Cl.N=C(N)c1ccc(-c2cccc(-c3ccc(C(=N)N)cn3)c2)nc1. The van der Waals surface area contributed by atoms with E-state index < -0.39 is 0 Å². The van der Waals surface area contributed by atoms with Crippen LogP contribution in [-0.4, -0.2) is 21.6 Å². The average molecular weight is 353 g/mol. The summed E-state index contributed by atoms with van der Waals surface area (Å²) in [4.78, 5) is 8.71. The van der Waals surface area contributed by atoms with Crippen LogP contribution in [0.25, 0.3) is 22.5 Å². The second kappa shape index (κ2) is 7.55. The lowest BCUT2D eigenvalue weighted by atomic mass is 10.0. The number of nitrogen functional groups attached to an aromatic ring is 2. The van der Waals surface area contributed by atoms with Gasteiger partial charge in [-0.2, -0.15) is 0 Å². The monoisotopic (exact) mass is 352 g/mol. The molecule has 2 aromatic heterocycles. The highest BCUT2D eigenvalue weighted by atomic mass is 35.5. The number of nitrogens with one attached hydrogen (secondary N) is 2. The van der Waals surface area contributed by atoms with E-state index in [4.69, 9.17) is 22.3 Å². The number of aromatic nitrogens is 2. The van der Waals surface area contributed by atoms with Crippen LogP contribution in [-0.2, 0) is 0 Å². The van der Waals surface area contributed by atoms with Crippen LogP contribution >= 0.6 is 12.4 Å². The van der Waals surface area contributed by atoms with Gasteiger partial charge in [0.15, 0.2) is 0 Å². The fraction of sp³-hybridized carbons (Fsp3) is 0. The molecule has 7 heteroatoms. The van der Waals surface area contributed by atoms with E-state index in [-0.39, 0.29) is 24.1 Å². The van der Waals surface area contributed by atoms with Crippen molar-refractivity contribution in [1.29, 1.82) is 10.8 Å². The van der Waals surface area contributed by atoms with Crippen LogP contribution in [0.3, 0.4) is 0 Å². The van der Waals surface area contributed by atoms with Crippen molar-refractivity contribution in [1.82, 2.24) is 9.97 Å². The van der Waals surface area contributed by atoms with Crippen molar-refractivity contribution >= 4 is 24.1 Å². The molecule has 0 fully saturated rings. The summed E-state index contributed by atoms with van der Waals surface area (Å²) in [5.74, 6) is -0.00452. The molecule has 0 aliphatic heterocycles. The number of nitrogens with zero attached hydrogens (tertiary/aromatic N) is 2. The van der Waals surface area contributed by atoms with E-state index in [9.17, 15) is 0 Å². The number of pyridine rings is 2. The molecule has 3 aromatic rings. The van der Waals surface area contributed by atoms with E-state index >= 15 is 0 Å². The highest BCUT2D eigenvalue weighted by Crippen LogP contribution is 2.24. The summed E-state index contributed by atoms with van der Waals surface area (Å²) in [5, 5.41) is 14.8. The third-order valence-electron chi connectivity index (χ3n) is 3.60. The molecular weight excluding hydrogens is 336 g/mol. The van der Waals surface area contributed by atoms with Crippen molar-refractivity contribution in [2.75, 3.05) is 0 Å². The van der Waals surface area contributed by atoms with E-state index in [1.807, 2.05) is 36.4 Å². The van der Waals surface area contributed by atoms with Crippen molar-refractivity contribution in [3.8, 4) is 22.5 Å². The highest BCUT2D eigenvalue weighted by Gasteiger charge is 2.05. The maximum atomic E-state index is 7.41. The van der Waals surface area contributed by atoms with E-state index in [0.29, 0.717) is 11.1 Å². The largest absolute Gasteiger partial charge is 0.384 e. The van der Waals surface area contributed by atoms with Crippen LogP contribution in [0.4, 0.5) is 0 Å². The minimum absolute atomic E-state index is 0. The number of halogens is 1. The molecular formula is C18H17ClN6. The van der Waals surface area contributed by atoms with Crippen LogP contribution in [0.1, 0.15) is 11.1 Å². The van der Waals surface area contributed by atoms with Crippen LogP contribution in [0, 0.1) is 10.8 Å². The molecule has 0 bridgehead atoms. The molecule has 25 heavy (non-hydrogen) atoms. The molecule has 1 aromatic carbocycles. The molecule has 0 saturated carbocycles. The molecule has 0 aliphatic carbocycles. The molecule has 0 radical (unpaired) electrons. The molecule has 0 unspecified atom stereocenters. The molecule has 6 nitrogen and oxygen atoms in total. The summed E-state index contributed by atoms with van der Waals surface area (Å²) in [6.07, 6.45) is 3.18. The predicted molar refractivity (Wildman–Crippen MR) is 102 cm³/mol.